The monoisotopic (exact) mass is 530 g/mol. The third-order valence-electron chi connectivity index (χ3n) is 4.96. The van der Waals surface area contributed by atoms with Gasteiger partial charge in [-0.15, -0.1) is 11.3 Å². The molecule has 0 aliphatic heterocycles. The van der Waals surface area contributed by atoms with Crippen LogP contribution in [0.15, 0.2) is 43.2 Å². The molecule has 186 valence electrons. The summed E-state index contributed by atoms with van der Waals surface area (Å²) in [6, 6.07) is 4.66. The van der Waals surface area contributed by atoms with E-state index in [0.717, 1.165) is 10.8 Å². The van der Waals surface area contributed by atoms with E-state index < -0.39 is 11.7 Å². The predicted octanol–water partition coefficient (Wildman–Crippen LogP) is 4.96. The number of benzene rings is 1. The summed E-state index contributed by atoms with van der Waals surface area (Å²) in [6.45, 7) is 3.44. The molecule has 0 spiro atoms. The van der Waals surface area contributed by atoms with Crippen molar-refractivity contribution < 1.29 is 23.5 Å². The van der Waals surface area contributed by atoms with Crippen LogP contribution in [0.1, 0.15) is 9.67 Å². The lowest BCUT2D eigenvalue weighted by atomic mass is 10.2. The SMILES string of the molecule is C=CC(=O)Nc1cn(C)nc1Nc1cc2cc(C(=O)Nc3c(F)c(OC)cc(OC)c3Cl)sc2cn1. The first kappa shape index (κ1) is 24.9. The second-order valence-electron chi connectivity index (χ2n) is 7.34. The van der Waals surface area contributed by atoms with Crippen LogP contribution in [-0.4, -0.2) is 40.8 Å². The van der Waals surface area contributed by atoms with E-state index in [4.69, 9.17) is 21.1 Å². The van der Waals surface area contributed by atoms with E-state index in [1.807, 2.05) is 0 Å². The van der Waals surface area contributed by atoms with Crippen molar-refractivity contribution in [2.45, 2.75) is 0 Å². The van der Waals surface area contributed by atoms with E-state index in [1.165, 1.54) is 36.3 Å². The minimum atomic E-state index is -0.819. The lowest BCUT2D eigenvalue weighted by molar-refractivity contribution is -0.111. The van der Waals surface area contributed by atoms with Gasteiger partial charge >= 0.3 is 0 Å². The van der Waals surface area contributed by atoms with Crippen LogP contribution >= 0.6 is 22.9 Å². The second-order valence-corrected chi connectivity index (χ2v) is 8.80. The molecule has 10 nitrogen and oxygen atoms in total. The van der Waals surface area contributed by atoms with Crippen molar-refractivity contribution in [1.29, 1.82) is 0 Å². The van der Waals surface area contributed by atoms with Gasteiger partial charge in [-0.1, -0.05) is 18.2 Å². The number of hydrogen-bond acceptors (Lipinski definition) is 8. The molecular weight excluding hydrogens is 511 g/mol. The molecule has 1 aromatic carbocycles. The van der Waals surface area contributed by atoms with Crippen molar-refractivity contribution in [3.63, 3.8) is 0 Å². The number of fused-ring (bicyclic) bond motifs is 1. The molecule has 3 heterocycles. The van der Waals surface area contributed by atoms with Gasteiger partial charge in [0.05, 0.1) is 30.0 Å². The minimum absolute atomic E-state index is 0.0897. The molecule has 4 aromatic rings. The van der Waals surface area contributed by atoms with E-state index in [0.29, 0.717) is 27.6 Å². The number of carbonyl (C=O) groups is 2. The van der Waals surface area contributed by atoms with Crippen LogP contribution in [0.25, 0.3) is 10.1 Å². The predicted molar refractivity (Wildman–Crippen MR) is 137 cm³/mol. The van der Waals surface area contributed by atoms with Gasteiger partial charge in [0.15, 0.2) is 17.4 Å². The fraction of sp³-hybridized carbons (Fsp3) is 0.130. The van der Waals surface area contributed by atoms with Crippen molar-refractivity contribution in [3.8, 4) is 11.5 Å². The van der Waals surface area contributed by atoms with E-state index in [2.05, 4.69) is 32.6 Å². The van der Waals surface area contributed by atoms with Gasteiger partial charge in [-0.3, -0.25) is 14.3 Å². The van der Waals surface area contributed by atoms with E-state index in [-0.39, 0.29) is 28.1 Å². The number of carbonyl (C=O) groups excluding carboxylic acids is 2. The molecule has 3 N–H and O–H groups in total. The van der Waals surface area contributed by atoms with Gasteiger partial charge in [0.25, 0.3) is 5.91 Å². The third-order valence-corrected chi connectivity index (χ3v) is 6.42. The number of nitrogens with one attached hydrogen (secondary N) is 3. The zero-order valence-electron chi connectivity index (χ0n) is 19.3. The number of rotatable bonds is 8. The first-order chi connectivity index (χ1) is 17.2. The van der Waals surface area contributed by atoms with E-state index in [9.17, 15) is 14.0 Å². The zero-order chi connectivity index (χ0) is 26.0. The van der Waals surface area contributed by atoms with Crippen LogP contribution < -0.4 is 25.4 Å². The molecular formula is C23H20ClFN6O4S. The number of amides is 2. The average molecular weight is 531 g/mol. The van der Waals surface area contributed by atoms with Gasteiger partial charge in [-0.05, 0) is 23.6 Å². The lowest BCUT2D eigenvalue weighted by Gasteiger charge is -2.13. The third kappa shape index (κ3) is 4.95. The van der Waals surface area contributed by atoms with E-state index in [1.54, 1.807) is 31.6 Å². The van der Waals surface area contributed by atoms with Gasteiger partial charge in [0.1, 0.15) is 28.0 Å². The summed E-state index contributed by atoms with van der Waals surface area (Å²) in [7, 11) is 4.38. The number of thiophene rings is 1. The molecule has 36 heavy (non-hydrogen) atoms. The highest BCUT2D eigenvalue weighted by Gasteiger charge is 2.22. The van der Waals surface area contributed by atoms with Crippen LogP contribution in [0.5, 0.6) is 11.5 Å². The summed E-state index contributed by atoms with van der Waals surface area (Å²) in [5.74, 6) is -0.924. The molecule has 0 unspecified atom stereocenters. The Bertz CT molecular complexity index is 1470. The van der Waals surface area contributed by atoms with Crippen molar-refractivity contribution in [1.82, 2.24) is 14.8 Å². The van der Waals surface area contributed by atoms with Crippen molar-refractivity contribution >= 4 is 67.8 Å². The minimum Gasteiger partial charge on any atom is -0.495 e. The Labute approximate surface area is 213 Å². The molecule has 0 atom stereocenters. The van der Waals surface area contributed by atoms with Crippen LogP contribution in [0.2, 0.25) is 5.02 Å². The lowest BCUT2D eigenvalue weighted by Crippen LogP contribution is -2.12. The maximum absolute atomic E-state index is 14.8. The smallest absolute Gasteiger partial charge is 0.265 e. The number of anilines is 4. The summed E-state index contributed by atoms with van der Waals surface area (Å²) in [6.07, 6.45) is 4.37. The molecule has 0 saturated heterocycles. The van der Waals surface area contributed by atoms with Gasteiger partial charge in [0, 0.05) is 19.3 Å². The largest absolute Gasteiger partial charge is 0.495 e. The topological polar surface area (TPSA) is 119 Å². The number of nitrogens with zero attached hydrogens (tertiary/aromatic N) is 3. The maximum Gasteiger partial charge on any atom is 0.265 e. The number of hydrogen-bond donors (Lipinski definition) is 3. The quantitative estimate of drug-likeness (QED) is 0.275. The van der Waals surface area contributed by atoms with Gasteiger partial charge in [-0.2, -0.15) is 5.10 Å². The van der Waals surface area contributed by atoms with Gasteiger partial charge in [-0.25, -0.2) is 9.37 Å². The fourth-order valence-electron chi connectivity index (χ4n) is 3.27. The number of aryl methyl sites for hydroxylation is 1. The average Bonchev–Trinajstić information content (AvgIpc) is 3.44. The number of methoxy groups -OCH3 is 2. The Kier molecular flexibility index (Phi) is 7.08. The summed E-state index contributed by atoms with van der Waals surface area (Å²) < 4.78 is 27.2. The summed E-state index contributed by atoms with van der Waals surface area (Å²) >= 11 is 7.39. The molecule has 4 rings (SSSR count). The highest BCUT2D eigenvalue weighted by Crippen LogP contribution is 2.40. The Morgan fingerprint density at radius 1 is 1.19 bits per heavy atom. The summed E-state index contributed by atoms with van der Waals surface area (Å²) in [4.78, 5) is 29.3. The molecule has 13 heteroatoms. The Morgan fingerprint density at radius 3 is 2.64 bits per heavy atom. The Balaban J connectivity index is 1.59. The standard InChI is InChI=1S/C23H20ClFN6O4S/c1-5-18(32)27-12-10-31(2)30-22(12)28-17-7-11-6-15(36-16(11)9-26-17)23(33)29-21-19(24)13(34-3)8-14(35-4)20(21)25/h5-10H,1H2,2-4H3,(H,27,32)(H,29,33)(H,26,28,30). The number of pyridine rings is 1. The number of halogens is 2. The molecule has 0 saturated carbocycles. The normalized spacial score (nSPS) is 10.7. The summed E-state index contributed by atoms with van der Waals surface area (Å²) in [5, 5.41) is 13.1. The molecule has 0 aliphatic rings. The Morgan fingerprint density at radius 2 is 1.94 bits per heavy atom. The van der Waals surface area contributed by atoms with Crippen molar-refractivity contribution in [2.75, 3.05) is 30.2 Å². The number of aromatic nitrogens is 3. The highest BCUT2D eigenvalue weighted by atomic mass is 35.5. The van der Waals surface area contributed by atoms with Crippen LogP contribution in [0.3, 0.4) is 0 Å². The molecule has 0 bridgehead atoms. The first-order valence-corrected chi connectivity index (χ1v) is 11.5. The Hall–Kier alpha value is -4.16. The first-order valence-electron chi connectivity index (χ1n) is 10.3. The van der Waals surface area contributed by atoms with Crippen molar-refractivity contribution in [3.05, 3.63) is 59.0 Å². The molecule has 0 radical (unpaired) electrons. The number of ether oxygens (including phenoxy) is 2. The molecule has 0 fully saturated rings. The van der Waals surface area contributed by atoms with Crippen molar-refractivity contribution in [2.24, 2.45) is 7.05 Å². The molecule has 0 aliphatic carbocycles. The highest BCUT2D eigenvalue weighted by molar-refractivity contribution is 7.20. The van der Waals surface area contributed by atoms with Gasteiger partial charge in [0.2, 0.25) is 5.91 Å². The fourth-order valence-corrected chi connectivity index (χ4v) is 4.44. The maximum atomic E-state index is 14.8. The van der Waals surface area contributed by atoms with E-state index >= 15 is 0 Å². The second kappa shape index (κ2) is 10.2. The van der Waals surface area contributed by atoms with Crippen LogP contribution in [0, 0.1) is 5.82 Å². The zero-order valence-corrected chi connectivity index (χ0v) is 20.9. The van der Waals surface area contributed by atoms with Crippen LogP contribution in [-0.2, 0) is 11.8 Å². The van der Waals surface area contributed by atoms with Gasteiger partial charge < -0.3 is 25.4 Å². The van der Waals surface area contributed by atoms with Crippen LogP contribution in [0.4, 0.5) is 27.4 Å². The summed E-state index contributed by atoms with van der Waals surface area (Å²) in [5.41, 5.74) is 0.197. The molecule has 2 amide bonds. The molecule has 3 aromatic heterocycles.